The Morgan fingerprint density at radius 2 is 1.52 bits per heavy atom. The van der Waals surface area contributed by atoms with Gasteiger partial charge in [-0.1, -0.05) is 46.3 Å². The van der Waals surface area contributed by atoms with Crippen LogP contribution in [0.4, 0.5) is 0 Å². The predicted octanol–water partition coefficient (Wildman–Crippen LogP) is 4.12. The Morgan fingerprint density at radius 3 is 2.15 bits per heavy atom. The van der Waals surface area contributed by atoms with E-state index in [1.165, 1.54) is 5.57 Å². The fraction of sp³-hybridized carbons (Fsp3) is 0.889. The molecule has 10 nitrogen and oxygen atoms in total. The molecule has 1 heterocycles. The van der Waals surface area contributed by atoms with Crippen LogP contribution in [0.15, 0.2) is 11.6 Å². The van der Waals surface area contributed by atoms with Gasteiger partial charge >= 0.3 is 11.9 Å². The molecule has 0 amide bonds. The second-order valence-corrected chi connectivity index (χ2v) is 17.6. The molecular formula is C36H56O10. The van der Waals surface area contributed by atoms with Crippen molar-refractivity contribution in [1.82, 2.24) is 0 Å². The van der Waals surface area contributed by atoms with E-state index in [0.717, 1.165) is 32.1 Å². The van der Waals surface area contributed by atoms with Crippen LogP contribution < -0.4 is 0 Å². The van der Waals surface area contributed by atoms with Gasteiger partial charge in [0.2, 0.25) is 0 Å². The SMILES string of the molecule is CC1(C)CCC2(C(=O)O)CCC3(C)C(=CCC4C5(C)CCC(OC6OC(CO)C(O)C(O)C6O)C(C)(C(=O)O)C5CCC43C)C2C1. The van der Waals surface area contributed by atoms with E-state index in [-0.39, 0.29) is 39.4 Å². The van der Waals surface area contributed by atoms with Gasteiger partial charge in [-0.3, -0.25) is 9.59 Å². The molecule has 1 aliphatic heterocycles. The Morgan fingerprint density at radius 1 is 0.848 bits per heavy atom. The third-order valence-corrected chi connectivity index (χ3v) is 15.3. The van der Waals surface area contributed by atoms with Crippen LogP contribution in [-0.4, -0.2) is 86.0 Å². The summed E-state index contributed by atoms with van der Waals surface area (Å²) in [5.41, 5.74) is -1.30. The first kappa shape index (κ1) is 34.3. The van der Waals surface area contributed by atoms with Crippen molar-refractivity contribution in [2.75, 3.05) is 6.61 Å². The number of rotatable bonds is 5. The molecule has 46 heavy (non-hydrogen) atoms. The maximum Gasteiger partial charge on any atom is 0.312 e. The monoisotopic (exact) mass is 648 g/mol. The van der Waals surface area contributed by atoms with Crippen molar-refractivity contribution < 1.29 is 49.7 Å². The van der Waals surface area contributed by atoms with Crippen molar-refractivity contribution >= 4 is 11.9 Å². The second kappa shape index (κ2) is 11.0. The highest BCUT2D eigenvalue weighted by atomic mass is 16.7. The predicted molar refractivity (Wildman–Crippen MR) is 167 cm³/mol. The minimum atomic E-state index is -1.61. The zero-order chi connectivity index (χ0) is 33.8. The van der Waals surface area contributed by atoms with E-state index in [1.54, 1.807) is 6.92 Å². The number of hydrogen-bond donors (Lipinski definition) is 6. The van der Waals surface area contributed by atoms with E-state index >= 15 is 0 Å². The molecule has 14 unspecified atom stereocenters. The Kier molecular flexibility index (Phi) is 8.18. The van der Waals surface area contributed by atoms with Gasteiger partial charge in [-0.05, 0) is 111 Å². The van der Waals surface area contributed by atoms with E-state index in [4.69, 9.17) is 9.47 Å². The lowest BCUT2D eigenvalue weighted by molar-refractivity contribution is -0.329. The molecule has 0 aromatic rings. The summed E-state index contributed by atoms with van der Waals surface area (Å²) in [6.45, 7) is 12.7. The average molecular weight is 649 g/mol. The fourth-order valence-corrected chi connectivity index (χ4v) is 12.1. The first-order valence-corrected chi connectivity index (χ1v) is 17.5. The van der Waals surface area contributed by atoms with Crippen LogP contribution in [0.5, 0.6) is 0 Å². The van der Waals surface area contributed by atoms with Gasteiger partial charge in [-0.2, -0.15) is 0 Å². The molecule has 1 saturated heterocycles. The highest BCUT2D eigenvalue weighted by molar-refractivity contribution is 5.77. The van der Waals surface area contributed by atoms with E-state index in [2.05, 4.69) is 40.7 Å². The zero-order valence-corrected chi connectivity index (χ0v) is 28.4. The maximum absolute atomic E-state index is 13.3. The molecule has 6 N–H and O–H groups in total. The van der Waals surface area contributed by atoms with Gasteiger partial charge < -0.3 is 40.1 Å². The number of ether oxygens (including phenoxy) is 2. The van der Waals surface area contributed by atoms with Gasteiger partial charge in [0.1, 0.15) is 24.4 Å². The van der Waals surface area contributed by atoms with Gasteiger partial charge in [0, 0.05) is 0 Å². The summed E-state index contributed by atoms with van der Waals surface area (Å²) in [6.07, 6.45) is 1.64. The van der Waals surface area contributed by atoms with E-state index in [0.29, 0.717) is 32.1 Å². The number of fused-ring (bicyclic) bond motifs is 7. The summed E-state index contributed by atoms with van der Waals surface area (Å²) in [4.78, 5) is 26.3. The van der Waals surface area contributed by atoms with Gasteiger partial charge in [-0.25, -0.2) is 0 Å². The smallest absolute Gasteiger partial charge is 0.312 e. The van der Waals surface area contributed by atoms with Gasteiger partial charge in [0.15, 0.2) is 6.29 Å². The zero-order valence-electron chi connectivity index (χ0n) is 28.4. The fourth-order valence-electron chi connectivity index (χ4n) is 12.1. The number of carboxylic acids is 2. The van der Waals surface area contributed by atoms with Crippen molar-refractivity contribution in [3.05, 3.63) is 11.6 Å². The largest absolute Gasteiger partial charge is 0.481 e. The van der Waals surface area contributed by atoms with E-state index in [1.807, 2.05) is 0 Å². The van der Waals surface area contributed by atoms with Crippen molar-refractivity contribution in [3.63, 3.8) is 0 Å². The quantitative estimate of drug-likeness (QED) is 0.188. The van der Waals surface area contributed by atoms with Crippen molar-refractivity contribution in [2.45, 2.75) is 143 Å². The van der Waals surface area contributed by atoms with E-state index in [9.17, 15) is 40.2 Å². The standard InChI is InChI=1S/C36H56O10/c1-31(2)13-15-36(30(43)44)16-14-33(4)19(20(36)17-31)7-8-22-32(3)11-10-24(35(6,29(41)42)23(32)9-12-34(22,33)5)46-28-27(40)26(39)25(38)21(18-37)45-28/h7,20-28,37-40H,8-18H2,1-6H3,(H,41,42)(H,43,44). The lowest BCUT2D eigenvalue weighted by Crippen LogP contribution is -2.67. The summed E-state index contributed by atoms with van der Waals surface area (Å²) < 4.78 is 11.9. The molecule has 0 aromatic heterocycles. The normalized spacial score (nSPS) is 53.1. The Bertz CT molecular complexity index is 1280. The molecule has 6 rings (SSSR count). The Hall–Kier alpha value is -1.56. The van der Waals surface area contributed by atoms with Crippen molar-refractivity contribution in [3.8, 4) is 0 Å². The number of aliphatic hydroxyl groups is 4. The average Bonchev–Trinajstić information content (AvgIpc) is 2.98. The minimum Gasteiger partial charge on any atom is -0.481 e. The van der Waals surface area contributed by atoms with Crippen LogP contribution in [0.2, 0.25) is 0 Å². The van der Waals surface area contributed by atoms with Crippen LogP contribution in [0.3, 0.4) is 0 Å². The molecular weight excluding hydrogens is 592 g/mol. The molecule has 260 valence electrons. The topological polar surface area (TPSA) is 174 Å². The minimum absolute atomic E-state index is 0.00256. The molecule has 0 aromatic carbocycles. The van der Waals surface area contributed by atoms with E-state index < -0.39 is 66.2 Å². The summed E-state index contributed by atoms with van der Waals surface area (Å²) in [6, 6.07) is 0. The Labute approximate surface area is 272 Å². The van der Waals surface area contributed by atoms with Crippen LogP contribution in [0.25, 0.3) is 0 Å². The lowest BCUT2D eigenvalue weighted by Gasteiger charge is -2.71. The van der Waals surface area contributed by atoms with Crippen LogP contribution in [0, 0.1) is 50.2 Å². The van der Waals surface area contributed by atoms with Crippen molar-refractivity contribution in [2.24, 2.45) is 50.2 Å². The number of aliphatic carboxylic acids is 2. The van der Waals surface area contributed by atoms with Crippen LogP contribution >= 0.6 is 0 Å². The molecule has 14 atom stereocenters. The third kappa shape index (κ3) is 4.49. The molecule has 6 aliphatic rings. The maximum atomic E-state index is 13.3. The van der Waals surface area contributed by atoms with Crippen molar-refractivity contribution in [1.29, 1.82) is 0 Å². The first-order valence-electron chi connectivity index (χ1n) is 17.5. The number of aliphatic hydroxyl groups excluding tert-OH is 4. The number of carboxylic acid groups (broad SMARTS) is 2. The Balaban J connectivity index is 1.34. The molecule has 5 aliphatic carbocycles. The number of hydrogen-bond acceptors (Lipinski definition) is 8. The molecule has 0 spiro atoms. The molecule has 10 heteroatoms. The molecule has 0 bridgehead atoms. The number of carbonyl (C=O) groups is 2. The number of allylic oxidation sites excluding steroid dienone is 2. The summed E-state index contributed by atoms with van der Waals surface area (Å²) in [7, 11) is 0. The summed E-state index contributed by atoms with van der Waals surface area (Å²) in [5, 5.41) is 62.5. The molecule has 4 saturated carbocycles. The van der Waals surface area contributed by atoms with Gasteiger partial charge in [0.25, 0.3) is 0 Å². The van der Waals surface area contributed by atoms with Crippen LogP contribution in [-0.2, 0) is 19.1 Å². The summed E-state index contributed by atoms with van der Waals surface area (Å²) >= 11 is 0. The first-order chi connectivity index (χ1) is 21.3. The lowest BCUT2D eigenvalue weighted by atomic mass is 9.33. The second-order valence-electron chi connectivity index (χ2n) is 17.6. The summed E-state index contributed by atoms with van der Waals surface area (Å²) in [5.74, 6) is -1.69. The highest BCUT2D eigenvalue weighted by Gasteiger charge is 2.71. The third-order valence-electron chi connectivity index (χ3n) is 15.3. The van der Waals surface area contributed by atoms with Crippen LogP contribution in [0.1, 0.15) is 106 Å². The molecule has 5 fully saturated rings. The molecule has 0 radical (unpaired) electrons. The highest BCUT2D eigenvalue weighted by Crippen LogP contribution is 2.76. The van der Waals surface area contributed by atoms with Gasteiger partial charge in [-0.15, -0.1) is 0 Å². The van der Waals surface area contributed by atoms with Gasteiger partial charge in [0.05, 0.1) is 23.5 Å².